The molecule has 8 nitrogen and oxygen atoms in total. The lowest BCUT2D eigenvalue weighted by Gasteiger charge is -2.61. The Kier molecular flexibility index (Phi) is 5.11. The van der Waals surface area contributed by atoms with Gasteiger partial charge in [-0.05, 0) is 36.8 Å². The van der Waals surface area contributed by atoms with E-state index in [2.05, 4.69) is 76.2 Å². The van der Waals surface area contributed by atoms with Crippen molar-refractivity contribution < 1.29 is 9.47 Å². The number of hydrogen-bond donors (Lipinski definition) is 0. The molecule has 2 aromatic heterocycles. The van der Waals surface area contributed by atoms with E-state index in [1.807, 2.05) is 23.1 Å². The van der Waals surface area contributed by atoms with Crippen molar-refractivity contribution in [2.24, 2.45) is 10.8 Å². The third-order valence-electron chi connectivity index (χ3n) is 7.12. The van der Waals surface area contributed by atoms with E-state index in [1.165, 1.54) is 11.3 Å². The highest BCUT2D eigenvalue weighted by atomic mass is 16.7. The van der Waals surface area contributed by atoms with Crippen LogP contribution in [0.1, 0.15) is 19.4 Å². The zero-order chi connectivity index (χ0) is 23.3. The molecule has 0 amide bonds. The highest BCUT2D eigenvalue weighted by Crippen LogP contribution is 2.43. The van der Waals surface area contributed by atoms with Crippen LogP contribution in [0.3, 0.4) is 0 Å². The van der Waals surface area contributed by atoms with Crippen LogP contribution in [0.4, 0.5) is 11.5 Å². The van der Waals surface area contributed by atoms with Gasteiger partial charge in [0.25, 0.3) is 0 Å². The molecule has 0 unspecified atom stereocenters. The van der Waals surface area contributed by atoms with E-state index in [-0.39, 0.29) is 11.7 Å². The molecule has 34 heavy (non-hydrogen) atoms. The van der Waals surface area contributed by atoms with Gasteiger partial charge in [-0.25, -0.2) is 9.67 Å². The Labute approximate surface area is 200 Å². The SMILES string of the molecule is Cc1cc(N2CC3(C2)CN(c2ccccn2)C3)ccc1-c1cn(CC2OCC(C)(C)CO2)nn1. The molecular weight excluding hydrogens is 428 g/mol. The molecule has 0 radical (unpaired) electrons. The van der Waals surface area contributed by atoms with Gasteiger partial charge in [-0.3, -0.25) is 0 Å². The zero-order valence-electron chi connectivity index (χ0n) is 20.1. The highest BCUT2D eigenvalue weighted by Gasteiger charge is 2.52. The van der Waals surface area contributed by atoms with Gasteiger partial charge >= 0.3 is 0 Å². The molecule has 178 valence electrons. The monoisotopic (exact) mass is 460 g/mol. The molecule has 5 heterocycles. The molecule has 3 aliphatic heterocycles. The number of rotatable bonds is 5. The van der Waals surface area contributed by atoms with Gasteiger partial charge in [0.15, 0.2) is 6.29 Å². The first-order chi connectivity index (χ1) is 16.4. The largest absolute Gasteiger partial charge is 0.370 e. The van der Waals surface area contributed by atoms with Crippen LogP contribution in [-0.4, -0.2) is 65.7 Å². The fraction of sp³-hybridized carbons (Fsp3) is 0.500. The van der Waals surface area contributed by atoms with E-state index in [9.17, 15) is 0 Å². The Morgan fingerprint density at radius 2 is 1.76 bits per heavy atom. The molecule has 1 spiro atoms. The summed E-state index contributed by atoms with van der Waals surface area (Å²) >= 11 is 0. The van der Waals surface area contributed by atoms with Gasteiger partial charge in [0.1, 0.15) is 11.5 Å². The third-order valence-corrected chi connectivity index (χ3v) is 7.12. The van der Waals surface area contributed by atoms with Crippen LogP contribution in [0.2, 0.25) is 0 Å². The number of anilines is 2. The highest BCUT2D eigenvalue weighted by molar-refractivity contribution is 5.67. The van der Waals surface area contributed by atoms with Gasteiger partial charge in [0, 0.05) is 54.5 Å². The molecule has 0 saturated carbocycles. The average Bonchev–Trinajstić information content (AvgIpc) is 3.22. The molecule has 0 bridgehead atoms. The number of aromatic nitrogens is 4. The molecule has 3 aromatic rings. The fourth-order valence-electron chi connectivity index (χ4n) is 5.24. The van der Waals surface area contributed by atoms with Crippen molar-refractivity contribution in [1.29, 1.82) is 0 Å². The van der Waals surface area contributed by atoms with E-state index >= 15 is 0 Å². The summed E-state index contributed by atoms with van der Waals surface area (Å²) in [4.78, 5) is 9.33. The summed E-state index contributed by atoms with van der Waals surface area (Å²) in [6.07, 6.45) is 3.58. The number of hydrogen-bond acceptors (Lipinski definition) is 7. The number of pyridine rings is 1. The summed E-state index contributed by atoms with van der Waals surface area (Å²) < 4.78 is 13.5. The van der Waals surface area contributed by atoms with Crippen LogP contribution >= 0.6 is 0 Å². The normalized spacial score (nSPS) is 21.4. The fourth-order valence-corrected chi connectivity index (χ4v) is 5.24. The average molecular weight is 461 g/mol. The number of ether oxygens (including phenoxy) is 2. The maximum atomic E-state index is 5.84. The Bertz CT molecular complexity index is 1150. The third kappa shape index (κ3) is 4.05. The topological polar surface area (TPSA) is 68.5 Å². The minimum absolute atomic E-state index is 0.0656. The van der Waals surface area contributed by atoms with Crippen LogP contribution in [0.15, 0.2) is 48.8 Å². The van der Waals surface area contributed by atoms with Crippen molar-refractivity contribution >= 4 is 11.5 Å². The first-order valence-electron chi connectivity index (χ1n) is 12.0. The Balaban J connectivity index is 1.06. The van der Waals surface area contributed by atoms with E-state index in [0.29, 0.717) is 25.2 Å². The molecule has 6 rings (SSSR count). The lowest BCUT2D eigenvalue weighted by molar-refractivity contribution is -0.227. The number of aryl methyl sites for hydroxylation is 1. The maximum Gasteiger partial charge on any atom is 0.177 e. The molecule has 0 N–H and O–H groups in total. The summed E-state index contributed by atoms with van der Waals surface area (Å²) in [6.45, 7) is 12.8. The lowest BCUT2D eigenvalue weighted by atomic mass is 9.72. The first-order valence-corrected chi connectivity index (χ1v) is 12.0. The van der Waals surface area contributed by atoms with E-state index in [4.69, 9.17) is 9.47 Å². The van der Waals surface area contributed by atoms with Crippen molar-refractivity contribution in [3.8, 4) is 11.3 Å². The van der Waals surface area contributed by atoms with Crippen LogP contribution in [-0.2, 0) is 16.0 Å². The maximum absolute atomic E-state index is 5.84. The van der Waals surface area contributed by atoms with E-state index in [0.717, 1.165) is 43.3 Å². The smallest absolute Gasteiger partial charge is 0.177 e. The minimum atomic E-state index is -0.273. The second-order valence-corrected chi connectivity index (χ2v) is 10.9. The minimum Gasteiger partial charge on any atom is -0.370 e. The molecule has 0 aliphatic carbocycles. The Hall–Kier alpha value is -2.97. The summed E-state index contributed by atoms with van der Waals surface area (Å²) in [7, 11) is 0. The van der Waals surface area contributed by atoms with E-state index < -0.39 is 0 Å². The Morgan fingerprint density at radius 3 is 2.47 bits per heavy atom. The number of benzene rings is 1. The predicted molar refractivity (Wildman–Crippen MR) is 131 cm³/mol. The van der Waals surface area contributed by atoms with Crippen LogP contribution in [0.25, 0.3) is 11.3 Å². The molecule has 3 saturated heterocycles. The standard InChI is InChI=1S/C26H32N6O2/c1-19-10-20(30-13-26(14-30)15-31(16-26)23-6-4-5-9-27-23)7-8-21(19)22-11-32(29-28-22)12-24-33-17-25(2,3)18-34-24/h4-11,24H,12-18H2,1-3H3. The van der Waals surface area contributed by atoms with Crippen LogP contribution in [0, 0.1) is 17.8 Å². The van der Waals surface area contributed by atoms with Gasteiger partial charge in [-0.2, -0.15) is 0 Å². The molecule has 8 heteroatoms. The summed E-state index contributed by atoms with van der Waals surface area (Å²) in [6, 6.07) is 12.8. The zero-order valence-corrected chi connectivity index (χ0v) is 20.1. The second kappa shape index (κ2) is 8.06. The van der Waals surface area contributed by atoms with Crippen molar-refractivity contribution in [2.45, 2.75) is 33.6 Å². The van der Waals surface area contributed by atoms with Crippen molar-refractivity contribution in [3.05, 3.63) is 54.4 Å². The van der Waals surface area contributed by atoms with Crippen LogP contribution in [0.5, 0.6) is 0 Å². The summed E-state index contributed by atoms with van der Waals surface area (Å²) in [5, 5.41) is 8.71. The lowest BCUT2D eigenvalue weighted by Crippen LogP contribution is -2.72. The molecule has 3 fully saturated rings. The quantitative estimate of drug-likeness (QED) is 0.578. The second-order valence-electron chi connectivity index (χ2n) is 10.9. The van der Waals surface area contributed by atoms with Gasteiger partial charge < -0.3 is 19.3 Å². The van der Waals surface area contributed by atoms with Crippen LogP contribution < -0.4 is 9.80 Å². The Morgan fingerprint density at radius 1 is 1.00 bits per heavy atom. The first kappa shape index (κ1) is 21.6. The molecular formula is C26H32N6O2. The van der Waals surface area contributed by atoms with Gasteiger partial charge in [-0.1, -0.05) is 31.2 Å². The molecule has 3 aliphatic rings. The van der Waals surface area contributed by atoms with Gasteiger partial charge in [0.05, 0.1) is 26.0 Å². The van der Waals surface area contributed by atoms with E-state index in [1.54, 1.807) is 0 Å². The van der Waals surface area contributed by atoms with Gasteiger partial charge in [0.2, 0.25) is 0 Å². The van der Waals surface area contributed by atoms with Crippen molar-refractivity contribution in [2.75, 3.05) is 49.2 Å². The number of nitrogens with zero attached hydrogens (tertiary/aromatic N) is 6. The summed E-state index contributed by atoms with van der Waals surface area (Å²) in [5.41, 5.74) is 4.96. The van der Waals surface area contributed by atoms with Crippen molar-refractivity contribution in [1.82, 2.24) is 20.0 Å². The summed E-state index contributed by atoms with van der Waals surface area (Å²) in [5.74, 6) is 1.09. The van der Waals surface area contributed by atoms with Crippen molar-refractivity contribution in [3.63, 3.8) is 0 Å². The molecule has 0 atom stereocenters. The van der Waals surface area contributed by atoms with Gasteiger partial charge in [-0.15, -0.1) is 5.10 Å². The molecule has 1 aromatic carbocycles. The predicted octanol–water partition coefficient (Wildman–Crippen LogP) is 3.37.